The summed E-state index contributed by atoms with van der Waals surface area (Å²) in [4.78, 5) is 51.2. The molecule has 0 unspecified atom stereocenters. The van der Waals surface area contributed by atoms with Gasteiger partial charge < -0.3 is 19.4 Å². The van der Waals surface area contributed by atoms with Crippen LogP contribution in [0.4, 0.5) is 8.78 Å². The number of carbonyl (C=O) groups is 3. The van der Waals surface area contributed by atoms with Crippen LogP contribution >= 0.6 is 11.3 Å². The quantitative estimate of drug-likeness (QED) is 0.217. The van der Waals surface area contributed by atoms with Crippen LogP contribution in [-0.2, 0) is 43.2 Å². The molecule has 0 spiro atoms. The zero-order valence-corrected chi connectivity index (χ0v) is 33.1. The Morgan fingerprint density at radius 1 is 1.22 bits per heavy atom. The average molecular weight is 775 g/mol. The van der Waals surface area contributed by atoms with Crippen LogP contribution in [0.3, 0.4) is 0 Å². The van der Waals surface area contributed by atoms with Gasteiger partial charge in [0.2, 0.25) is 5.91 Å². The molecule has 55 heavy (non-hydrogen) atoms. The maximum Gasteiger partial charge on any atom is 0.325 e. The molecule has 11 nitrogen and oxygen atoms in total. The summed E-state index contributed by atoms with van der Waals surface area (Å²) < 4.78 is 45.2. The number of ether oxygens (including phenoxy) is 2. The topological polar surface area (TPSA) is 128 Å². The highest BCUT2D eigenvalue weighted by atomic mass is 32.1. The van der Waals surface area contributed by atoms with Gasteiger partial charge in [0.25, 0.3) is 11.8 Å². The number of nitrogens with zero attached hydrogens (tertiary/aromatic N) is 4. The largest absolute Gasteiger partial charge is 0.464 e. The number of carbonyl (C=O) groups excluding carboxylic acids is 3. The molecule has 4 aliphatic rings. The van der Waals surface area contributed by atoms with Crippen molar-refractivity contribution in [2.45, 2.75) is 91.5 Å². The van der Waals surface area contributed by atoms with Gasteiger partial charge in [-0.05, 0) is 62.4 Å². The lowest BCUT2D eigenvalue weighted by Gasteiger charge is -2.37. The first-order valence-electron chi connectivity index (χ1n) is 19.1. The number of methoxy groups -OCH3 is 1. The predicted octanol–water partition coefficient (Wildman–Crippen LogP) is 6.35. The van der Waals surface area contributed by atoms with Crippen molar-refractivity contribution in [2.75, 3.05) is 20.3 Å². The van der Waals surface area contributed by atoms with E-state index in [4.69, 9.17) is 19.4 Å². The number of thiazole rings is 1. The standard InChI is InChI=1S/C41H48F2N6O5S/c1-8-48-30-12-11-23-15-26(30)27(34(48)24-10-9-13-44-32(24)22(3)53-7)17-39(4,5)20-54-38(52)33-35-40(6,41(35,42)43)19-49(47-33)37(51)28(16-31-45-29(23)18-55-31)46-36(50)25-14-21(25)2/h9-13,15,18,21-22,25,28,33,35,47H,8,14,16-17,19-20H2,1-7H3,(H,46,50)/t21-,22-,25-,28-,33-,35+,40-/m0/s1. The van der Waals surface area contributed by atoms with Gasteiger partial charge in [0.15, 0.2) is 0 Å². The third-order valence-corrected chi connectivity index (χ3v) is 13.1. The van der Waals surface area contributed by atoms with Crippen molar-refractivity contribution < 1.29 is 32.6 Å². The van der Waals surface area contributed by atoms with Crippen LogP contribution in [0.25, 0.3) is 33.4 Å². The van der Waals surface area contributed by atoms with Gasteiger partial charge in [-0.2, -0.15) is 0 Å². The Kier molecular flexibility index (Phi) is 9.20. The van der Waals surface area contributed by atoms with Gasteiger partial charge in [0.05, 0.1) is 46.1 Å². The summed E-state index contributed by atoms with van der Waals surface area (Å²) in [5, 5.41) is 7.55. The molecule has 7 atom stereocenters. The second kappa shape index (κ2) is 13.4. The number of pyridine rings is 1. The van der Waals surface area contributed by atoms with Crippen molar-refractivity contribution in [1.82, 2.24) is 30.3 Å². The molecule has 14 heteroatoms. The maximum absolute atomic E-state index is 15.6. The highest BCUT2D eigenvalue weighted by molar-refractivity contribution is 7.10. The molecule has 2 aliphatic heterocycles. The Labute approximate surface area is 323 Å². The second-order valence-electron chi connectivity index (χ2n) is 16.8. The molecule has 4 aromatic rings. The van der Waals surface area contributed by atoms with Crippen LogP contribution in [0, 0.1) is 28.6 Å². The molecule has 2 saturated carbocycles. The van der Waals surface area contributed by atoms with E-state index < -0.39 is 46.6 Å². The Morgan fingerprint density at radius 2 is 1.98 bits per heavy atom. The van der Waals surface area contributed by atoms with Crippen molar-refractivity contribution in [3.63, 3.8) is 0 Å². The number of aromatic nitrogens is 3. The normalized spacial score (nSPS) is 28.9. The van der Waals surface area contributed by atoms with Gasteiger partial charge in [-0.25, -0.2) is 19.2 Å². The molecule has 0 radical (unpaired) electrons. The number of rotatable bonds is 6. The van der Waals surface area contributed by atoms with E-state index in [0.29, 0.717) is 24.4 Å². The van der Waals surface area contributed by atoms with E-state index in [2.05, 4.69) is 40.4 Å². The Balaban J connectivity index is 1.27. The van der Waals surface area contributed by atoms with E-state index in [1.807, 2.05) is 45.2 Å². The zero-order chi connectivity index (χ0) is 39.2. The van der Waals surface area contributed by atoms with Crippen LogP contribution in [0.5, 0.6) is 0 Å². The number of nitrogens with one attached hydrogen (secondary N) is 2. The summed E-state index contributed by atoms with van der Waals surface area (Å²) in [5.41, 5.74) is 6.88. The Bertz CT molecular complexity index is 2200. The van der Waals surface area contributed by atoms with Gasteiger partial charge in [0.1, 0.15) is 12.1 Å². The molecule has 3 fully saturated rings. The van der Waals surface area contributed by atoms with E-state index in [1.165, 1.54) is 18.3 Å². The van der Waals surface area contributed by atoms with Crippen LogP contribution in [0.2, 0.25) is 0 Å². The molecule has 2 N–H and O–H groups in total. The molecule has 1 saturated heterocycles. The molecular weight excluding hydrogens is 727 g/mol. The predicted molar refractivity (Wildman–Crippen MR) is 204 cm³/mol. The minimum absolute atomic E-state index is 0.0552. The summed E-state index contributed by atoms with van der Waals surface area (Å²) in [7, 11) is 1.66. The van der Waals surface area contributed by atoms with Crippen molar-refractivity contribution in [1.29, 1.82) is 0 Å². The number of cyclic esters (lactones) is 1. The number of esters is 1. The molecule has 2 amide bonds. The summed E-state index contributed by atoms with van der Waals surface area (Å²) in [6.07, 6.45) is 2.71. The number of aryl methyl sites for hydroxylation is 1. The number of hydrazine groups is 1. The number of amides is 2. The zero-order valence-electron chi connectivity index (χ0n) is 32.2. The number of benzene rings is 1. The smallest absolute Gasteiger partial charge is 0.325 e. The van der Waals surface area contributed by atoms with Crippen molar-refractivity contribution >= 4 is 40.0 Å². The minimum atomic E-state index is -3.21. The summed E-state index contributed by atoms with van der Waals surface area (Å²) in [6, 6.07) is 7.67. The third-order valence-electron chi connectivity index (χ3n) is 12.3. The van der Waals surface area contributed by atoms with E-state index in [-0.39, 0.29) is 43.4 Å². The van der Waals surface area contributed by atoms with Crippen LogP contribution in [0.1, 0.15) is 70.3 Å². The van der Waals surface area contributed by atoms with Crippen molar-refractivity contribution in [3.8, 4) is 22.5 Å². The Morgan fingerprint density at radius 3 is 2.69 bits per heavy atom. The van der Waals surface area contributed by atoms with Crippen LogP contribution in [0.15, 0.2) is 41.9 Å². The highest BCUT2D eigenvalue weighted by Gasteiger charge is 2.83. The van der Waals surface area contributed by atoms with E-state index in [9.17, 15) is 14.4 Å². The fourth-order valence-corrected chi connectivity index (χ4v) is 9.60. The second-order valence-corrected chi connectivity index (χ2v) is 17.8. The van der Waals surface area contributed by atoms with Crippen molar-refractivity contribution in [2.24, 2.45) is 28.6 Å². The van der Waals surface area contributed by atoms with E-state index in [0.717, 1.165) is 49.7 Å². The van der Waals surface area contributed by atoms with E-state index in [1.54, 1.807) is 13.3 Å². The number of hydrogen-bond acceptors (Lipinski definition) is 9. The molecule has 3 aromatic heterocycles. The van der Waals surface area contributed by atoms with Crippen LogP contribution < -0.4 is 10.7 Å². The van der Waals surface area contributed by atoms with E-state index >= 15 is 8.78 Å². The third kappa shape index (κ3) is 6.33. The van der Waals surface area contributed by atoms with Gasteiger partial charge in [0, 0.05) is 71.6 Å². The molecule has 8 rings (SSSR count). The maximum atomic E-state index is 15.6. The molecule has 6 bridgehead atoms. The average Bonchev–Trinajstić information content (AvgIpc) is 3.81. The number of alkyl halides is 2. The van der Waals surface area contributed by atoms with Crippen molar-refractivity contribution in [3.05, 3.63) is 58.2 Å². The fraction of sp³-hybridized carbons (Fsp3) is 0.537. The minimum Gasteiger partial charge on any atom is -0.464 e. The SMILES string of the molecule is CCn1c(-c2cccnc2[C@H](C)OC)c2c3cc(ccc31)-c1csc(n1)C[C@H](NC(=O)[C@H]1C[C@@H]1C)C(=O)N1C[C@@]3(C)[C@@H]([C@H](N1)C(=O)OCC(C)(C)C2)C3(F)F. The lowest BCUT2D eigenvalue weighted by Crippen LogP contribution is -2.62. The molecule has 292 valence electrons. The number of halogens is 2. The first-order valence-corrected chi connectivity index (χ1v) is 20.0. The number of fused-ring (bicyclic) bond motifs is 8. The monoisotopic (exact) mass is 774 g/mol. The lowest BCUT2D eigenvalue weighted by atomic mass is 9.84. The summed E-state index contributed by atoms with van der Waals surface area (Å²) in [6.45, 7) is 11.7. The lowest BCUT2D eigenvalue weighted by molar-refractivity contribution is -0.157. The summed E-state index contributed by atoms with van der Waals surface area (Å²) in [5.74, 6) is -6.30. The van der Waals surface area contributed by atoms with Crippen LogP contribution in [-0.4, -0.2) is 75.6 Å². The first kappa shape index (κ1) is 37.6. The van der Waals surface area contributed by atoms with Gasteiger partial charge in [-0.1, -0.05) is 33.8 Å². The van der Waals surface area contributed by atoms with Gasteiger partial charge in [-0.15, -0.1) is 11.3 Å². The molecular formula is C41H48F2N6O5S. The first-order chi connectivity index (χ1) is 26.1. The molecule has 1 aromatic carbocycles. The highest BCUT2D eigenvalue weighted by Crippen LogP contribution is 2.68. The van der Waals surface area contributed by atoms with Gasteiger partial charge >= 0.3 is 5.97 Å². The number of hydrogen-bond donors (Lipinski definition) is 2. The fourth-order valence-electron chi connectivity index (χ4n) is 8.75. The molecule has 2 aliphatic carbocycles. The summed E-state index contributed by atoms with van der Waals surface area (Å²) >= 11 is 1.37. The Hall–Kier alpha value is -4.27. The molecule has 5 heterocycles. The van der Waals surface area contributed by atoms with Gasteiger partial charge in [-0.3, -0.25) is 24.4 Å².